The van der Waals surface area contributed by atoms with Crippen LogP contribution in [0.2, 0.25) is 0 Å². The molecule has 0 spiro atoms. The van der Waals surface area contributed by atoms with Crippen molar-refractivity contribution in [2.75, 3.05) is 6.61 Å². The zero-order valence-electron chi connectivity index (χ0n) is 16.9. The molecule has 150 valence electrons. The average molecular weight is 384 g/mol. The maximum atomic E-state index is 12.0. The lowest BCUT2D eigenvalue weighted by atomic mass is 10.0. The summed E-state index contributed by atoms with van der Waals surface area (Å²) in [5.41, 5.74) is 1.73. The van der Waals surface area contributed by atoms with E-state index in [1.54, 1.807) is 12.1 Å². The van der Waals surface area contributed by atoms with E-state index in [1.807, 2.05) is 64.1 Å². The normalized spacial score (nSPS) is 10.8. The standard InChI is InChI=1S/C23H28O5/c1-16(2)20(24)12-19-10-11-21(28-17(3)4)22(13-19)26-15-23(25)27-14-18-8-6-5-7-9-18/h5-11,13,16-17H,12,14-15H2,1-4H3. The third kappa shape index (κ3) is 7.06. The molecule has 0 unspecified atom stereocenters. The molecule has 2 aromatic carbocycles. The minimum atomic E-state index is -0.469. The van der Waals surface area contributed by atoms with Gasteiger partial charge in [0.05, 0.1) is 6.10 Å². The summed E-state index contributed by atoms with van der Waals surface area (Å²) in [7, 11) is 0. The van der Waals surface area contributed by atoms with Gasteiger partial charge in [0.15, 0.2) is 18.1 Å². The van der Waals surface area contributed by atoms with Gasteiger partial charge in [0.2, 0.25) is 0 Å². The number of ether oxygens (including phenoxy) is 3. The SMILES string of the molecule is CC(C)Oc1ccc(CC(=O)C(C)C)cc1OCC(=O)OCc1ccccc1. The molecular weight excluding hydrogens is 356 g/mol. The largest absolute Gasteiger partial charge is 0.487 e. The minimum absolute atomic E-state index is 0.0380. The predicted octanol–water partition coefficient (Wildman–Crippen LogP) is 4.36. The molecule has 0 fully saturated rings. The summed E-state index contributed by atoms with van der Waals surface area (Å²) in [6, 6.07) is 14.8. The highest BCUT2D eigenvalue weighted by Gasteiger charge is 2.14. The van der Waals surface area contributed by atoms with Gasteiger partial charge in [-0.1, -0.05) is 50.2 Å². The second kappa shape index (κ2) is 10.5. The molecule has 0 heterocycles. The van der Waals surface area contributed by atoms with E-state index in [4.69, 9.17) is 14.2 Å². The van der Waals surface area contributed by atoms with E-state index in [1.165, 1.54) is 0 Å². The summed E-state index contributed by atoms with van der Waals surface area (Å²) in [6.07, 6.45) is 0.268. The molecule has 28 heavy (non-hydrogen) atoms. The molecule has 0 aliphatic carbocycles. The first-order valence-corrected chi connectivity index (χ1v) is 9.49. The van der Waals surface area contributed by atoms with E-state index >= 15 is 0 Å². The fourth-order valence-electron chi connectivity index (χ4n) is 2.45. The Bertz CT molecular complexity index is 781. The van der Waals surface area contributed by atoms with Crippen molar-refractivity contribution in [2.45, 2.75) is 46.8 Å². The number of rotatable bonds is 10. The third-order valence-electron chi connectivity index (χ3n) is 3.98. The van der Waals surface area contributed by atoms with Gasteiger partial charge < -0.3 is 14.2 Å². The molecule has 5 heteroatoms. The van der Waals surface area contributed by atoms with Gasteiger partial charge in [0, 0.05) is 12.3 Å². The number of carbonyl (C=O) groups excluding carboxylic acids is 2. The van der Waals surface area contributed by atoms with Crippen molar-refractivity contribution in [2.24, 2.45) is 5.92 Å². The van der Waals surface area contributed by atoms with Crippen LogP contribution in [0.25, 0.3) is 0 Å². The average Bonchev–Trinajstić information content (AvgIpc) is 2.66. The molecule has 2 aromatic rings. The minimum Gasteiger partial charge on any atom is -0.487 e. The van der Waals surface area contributed by atoms with Crippen LogP contribution in [0, 0.1) is 5.92 Å². The van der Waals surface area contributed by atoms with Crippen molar-refractivity contribution in [1.29, 1.82) is 0 Å². The van der Waals surface area contributed by atoms with Gasteiger partial charge >= 0.3 is 5.97 Å². The number of hydrogen-bond donors (Lipinski definition) is 0. The van der Waals surface area contributed by atoms with E-state index in [0.29, 0.717) is 17.9 Å². The Labute approximate surface area is 166 Å². The van der Waals surface area contributed by atoms with E-state index in [2.05, 4.69) is 0 Å². The molecule has 2 rings (SSSR count). The monoisotopic (exact) mass is 384 g/mol. The van der Waals surface area contributed by atoms with Crippen molar-refractivity contribution in [3.8, 4) is 11.5 Å². The highest BCUT2D eigenvalue weighted by atomic mass is 16.6. The smallest absolute Gasteiger partial charge is 0.344 e. The Morgan fingerprint density at radius 1 is 0.893 bits per heavy atom. The van der Waals surface area contributed by atoms with Crippen LogP contribution in [0.4, 0.5) is 0 Å². The van der Waals surface area contributed by atoms with Crippen LogP contribution in [0.1, 0.15) is 38.8 Å². The van der Waals surface area contributed by atoms with Crippen molar-refractivity contribution >= 4 is 11.8 Å². The van der Waals surface area contributed by atoms with Crippen LogP contribution in [0.15, 0.2) is 48.5 Å². The molecular formula is C23H28O5. The van der Waals surface area contributed by atoms with Crippen LogP contribution in [0.5, 0.6) is 11.5 Å². The lowest BCUT2D eigenvalue weighted by Gasteiger charge is -2.16. The number of ketones is 1. The van der Waals surface area contributed by atoms with Gasteiger partial charge in [-0.3, -0.25) is 4.79 Å². The van der Waals surface area contributed by atoms with Gasteiger partial charge in [0.1, 0.15) is 12.4 Å². The number of benzene rings is 2. The zero-order chi connectivity index (χ0) is 20.5. The topological polar surface area (TPSA) is 61.8 Å². The molecule has 0 aromatic heterocycles. The van der Waals surface area contributed by atoms with Crippen LogP contribution >= 0.6 is 0 Å². The number of Topliss-reactive ketones (excluding diaryl/α,β-unsaturated/α-hetero) is 1. The van der Waals surface area contributed by atoms with Gasteiger partial charge in [-0.05, 0) is 37.1 Å². The quantitative estimate of drug-likeness (QED) is 0.570. The summed E-state index contributed by atoms with van der Waals surface area (Å²) in [5.74, 6) is 0.601. The summed E-state index contributed by atoms with van der Waals surface area (Å²) in [6.45, 7) is 7.53. The van der Waals surface area contributed by atoms with Crippen LogP contribution in [-0.2, 0) is 27.4 Å². The van der Waals surface area contributed by atoms with Gasteiger partial charge in [-0.15, -0.1) is 0 Å². The highest BCUT2D eigenvalue weighted by molar-refractivity contribution is 5.82. The second-order valence-corrected chi connectivity index (χ2v) is 7.18. The van der Waals surface area contributed by atoms with Gasteiger partial charge in [0.25, 0.3) is 0 Å². The van der Waals surface area contributed by atoms with E-state index in [9.17, 15) is 9.59 Å². The molecule has 0 atom stereocenters. The molecule has 0 aliphatic rings. The van der Waals surface area contributed by atoms with E-state index in [0.717, 1.165) is 11.1 Å². The molecule has 0 amide bonds. The van der Waals surface area contributed by atoms with E-state index < -0.39 is 5.97 Å². The Balaban J connectivity index is 2.01. The number of esters is 1. The highest BCUT2D eigenvalue weighted by Crippen LogP contribution is 2.30. The number of carbonyl (C=O) groups is 2. The first-order valence-electron chi connectivity index (χ1n) is 9.49. The van der Waals surface area contributed by atoms with E-state index in [-0.39, 0.29) is 31.0 Å². The molecule has 0 saturated carbocycles. The zero-order valence-corrected chi connectivity index (χ0v) is 16.9. The Morgan fingerprint density at radius 2 is 1.61 bits per heavy atom. The fourth-order valence-corrected chi connectivity index (χ4v) is 2.45. The first kappa shape index (κ1) is 21.5. The number of hydrogen-bond acceptors (Lipinski definition) is 5. The summed E-state index contributed by atoms with van der Waals surface area (Å²) in [5, 5.41) is 0. The van der Waals surface area contributed by atoms with Gasteiger partial charge in [-0.25, -0.2) is 4.79 Å². The van der Waals surface area contributed by atoms with Gasteiger partial charge in [-0.2, -0.15) is 0 Å². The second-order valence-electron chi connectivity index (χ2n) is 7.18. The van der Waals surface area contributed by atoms with Crippen LogP contribution < -0.4 is 9.47 Å². The van der Waals surface area contributed by atoms with Crippen molar-refractivity contribution in [3.63, 3.8) is 0 Å². The summed E-state index contributed by atoms with van der Waals surface area (Å²) < 4.78 is 16.7. The Hall–Kier alpha value is -2.82. The molecule has 0 saturated heterocycles. The van der Waals surface area contributed by atoms with Crippen molar-refractivity contribution in [1.82, 2.24) is 0 Å². The predicted molar refractivity (Wildman–Crippen MR) is 107 cm³/mol. The third-order valence-corrected chi connectivity index (χ3v) is 3.98. The van der Waals surface area contributed by atoms with Crippen molar-refractivity contribution in [3.05, 3.63) is 59.7 Å². The molecule has 0 N–H and O–H groups in total. The Morgan fingerprint density at radius 3 is 2.25 bits per heavy atom. The summed E-state index contributed by atoms with van der Waals surface area (Å²) >= 11 is 0. The molecule has 5 nitrogen and oxygen atoms in total. The van der Waals surface area contributed by atoms with Crippen LogP contribution in [-0.4, -0.2) is 24.5 Å². The summed E-state index contributed by atoms with van der Waals surface area (Å²) in [4.78, 5) is 24.1. The lowest BCUT2D eigenvalue weighted by Crippen LogP contribution is -2.16. The first-order chi connectivity index (χ1) is 13.3. The van der Waals surface area contributed by atoms with Crippen LogP contribution in [0.3, 0.4) is 0 Å². The maximum Gasteiger partial charge on any atom is 0.344 e. The maximum absolute atomic E-state index is 12.0. The lowest BCUT2D eigenvalue weighted by molar-refractivity contribution is -0.147. The molecule has 0 radical (unpaired) electrons. The molecule has 0 aliphatic heterocycles. The molecule has 0 bridgehead atoms. The van der Waals surface area contributed by atoms with Crippen molar-refractivity contribution < 1.29 is 23.8 Å². The fraction of sp³-hybridized carbons (Fsp3) is 0.391. The Kier molecular flexibility index (Phi) is 8.05.